The number of hydrogen-bond acceptors (Lipinski definition) is 3. The van der Waals surface area contributed by atoms with Gasteiger partial charge in [0.05, 0.1) is 13.2 Å². The summed E-state index contributed by atoms with van der Waals surface area (Å²) < 4.78 is 18.7. The first-order valence-electron chi connectivity index (χ1n) is 21.6. The van der Waals surface area contributed by atoms with Crippen LogP contribution >= 0.6 is 0 Å². The molecule has 0 spiro atoms. The van der Waals surface area contributed by atoms with Gasteiger partial charge in [0.25, 0.3) is 0 Å². The molecule has 2 heterocycles. The minimum absolute atomic E-state index is 0.0570. The summed E-state index contributed by atoms with van der Waals surface area (Å²) in [7, 11) is 0. The summed E-state index contributed by atoms with van der Waals surface area (Å²) in [6.45, 7) is 6.11. The summed E-state index contributed by atoms with van der Waals surface area (Å²) in [6.07, 6.45) is 41.1. The molecule has 4 rings (SSSR count). The zero-order valence-corrected chi connectivity index (χ0v) is 32.8. The summed E-state index contributed by atoms with van der Waals surface area (Å²) in [5.41, 5.74) is 5.34. The average Bonchev–Trinajstić information content (AvgIpc) is 4.09. The van der Waals surface area contributed by atoms with E-state index in [1.54, 1.807) is 0 Å². The van der Waals surface area contributed by atoms with E-state index in [-0.39, 0.29) is 24.4 Å². The van der Waals surface area contributed by atoms with Gasteiger partial charge in [-0.15, -0.1) is 0 Å². The average molecular weight is 699 g/mol. The van der Waals surface area contributed by atoms with E-state index in [0.717, 1.165) is 26.1 Å². The Hall–Kier alpha value is -2.20. The molecule has 51 heavy (non-hydrogen) atoms. The highest BCUT2D eigenvalue weighted by atomic mass is 16.6. The molecule has 2 aliphatic rings. The van der Waals surface area contributed by atoms with E-state index in [2.05, 4.69) is 86.7 Å². The molecule has 3 heteroatoms. The van der Waals surface area contributed by atoms with Crippen LogP contribution in [0.25, 0.3) is 0 Å². The molecule has 2 fully saturated rings. The molecule has 4 unspecified atom stereocenters. The second-order valence-corrected chi connectivity index (χ2v) is 15.5. The van der Waals surface area contributed by atoms with Crippen molar-refractivity contribution in [2.24, 2.45) is 0 Å². The Morgan fingerprint density at radius 2 is 0.863 bits per heavy atom. The fourth-order valence-electron chi connectivity index (χ4n) is 7.32. The molecule has 0 aromatic heterocycles. The van der Waals surface area contributed by atoms with E-state index in [1.807, 2.05) is 0 Å². The van der Waals surface area contributed by atoms with E-state index in [0.29, 0.717) is 0 Å². The van der Waals surface area contributed by atoms with Crippen LogP contribution in [0, 0.1) is 0 Å². The molecule has 0 bridgehead atoms. The van der Waals surface area contributed by atoms with Crippen LogP contribution in [-0.4, -0.2) is 25.4 Å². The van der Waals surface area contributed by atoms with E-state index >= 15 is 0 Å². The third-order valence-corrected chi connectivity index (χ3v) is 10.7. The number of unbranched alkanes of at least 4 members (excludes halogenated alkanes) is 18. The molecule has 2 aromatic carbocycles. The van der Waals surface area contributed by atoms with E-state index in [1.165, 1.54) is 164 Å². The van der Waals surface area contributed by atoms with Crippen molar-refractivity contribution in [3.05, 3.63) is 95.1 Å². The highest BCUT2D eigenvalue weighted by molar-refractivity contribution is 5.29. The van der Waals surface area contributed by atoms with Crippen molar-refractivity contribution in [1.29, 1.82) is 0 Å². The number of rotatable bonds is 32. The maximum atomic E-state index is 6.96. The highest BCUT2D eigenvalue weighted by Gasteiger charge is 2.42. The quantitative estimate of drug-likeness (QED) is 0.0433. The van der Waals surface area contributed by atoms with Gasteiger partial charge < -0.3 is 14.2 Å². The maximum Gasteiger partial charge on any atom is 0.112 e. The predicted octanol–water partition coefficient (Wildman–Crippen LogP) is 14.1. The lowest BCUT2D eigenvalue weighted by atomic mass is 9.98. The third kappa shape index (κ3) is 18.4. The van der Waals surface area contributed by atoms with Gasteiger partial charge in [-0.3, -0.25) is 0 Å². The van der Waals surface area contributed by atoms with Crippen molar-refractivity contribution in [2.45, 2.75) is 192 Å². The number of aryl methyl sites for hydroxylation is 2. The fraction of sp³-hybridized carbons (Fsp3) is 0.667. The molecule has 4 atom stereocenters. The largest absolute Gasteiger partial charge is 0.370 e. The van der Waals surface area contributed by atoms with Crippen LogP contribution in [0.4, 0.5) is 0 Å². The molecule has 0 radical (unpaired) electrons. The Kier molecular flexibility index (Phi) is 21.6. The summed E-state index contributed by atoms with van der Waals surface area (Å²) >= 11 is 0. The van der Waals surface area contributed by atoms with Gasteiger partial charge in [-0.25, -0.2) is 0 Å². The van der Waals surface area contributed by atoms with Crippen LogP contribution in [0.3, 0.4) is 0 Å². The van der Waals surface area contributed by atoms with Gasteiger partial charge in [0.1, 0.15) is 24.4 Å². The third-order valence-electron chi connectivity index (χ3n) is 10.7. The SMILES string of the molecule is CCCCCCC=CCCCCCCCc1cccc(C(OC(c2cccc(CCCCCCCC=CCCCCCC)c2)C2CO2)C2CO2)c1. The van der Waals surface area contributed by atoms with Crippen LogP contribution in [-0.2, 0) is 27.1 Å². The van der Waals surface area contributed by atoms with Crippen LogP contribution in [0.2, 0.25) is 0 Å². The fourth-order valence-corrected chi connectivity index (χ4v) is 7.32. The summed E-state index contributed by atoms with van der Waals surface area (Å²) in [4.78, 5) is 0. The lowest BCUT2D eigenvalue weighted by Crippen LogP contribution is -2.19. The Bertz CT molecular complexity index is 1110. The van der Waals surface area contributed by atoms with Crippen LogP contribution in [0.1, 0.15) is 190 Å². The highest BCUT2D eigenvalue weighted by Crippen LogP contribution is 2.40. The second kappa shape index (κ2) is 26.5. The first-order valence-corrected chi connectivity index (χ1v) is 21.6. The molecule has 2 aromatic rings. The maximum absolute atomic E-state index is 6.96. The summed E-state index contributed by atoms with van der Waals surface area (Å²) in [6, 6.07) is 18.2. The van der Waals surface area contributed by atoms with Crippen molar-refractivity contribution < 1.29 is 14.2 Å². The lowest BCUT2D eigenvalue weighted by Gasteiger charge is -2.24. The topological polar surface area (TPSA) is 34.3 Å². The van der Waals surface area contributed by atoms with Gasteiger partial charge in [0, 0.05) is 0 Å². The molecule has 284 valence electrons. The van der Waals surface area contributed by atoms with E-state index in [9.17, 15) is 0 Å². The zero-order valence-electron chi connectivity index (χ0n) is 32.8. The van der Waals surface area contributed by atoms with Gasteiger partial charge in [-0.1, -0.05) is 164 Å². The number of epoxide rings is 2. The van der Waals surface area contributed by atoms with Crippen molar-refractivity contribution >= 4 is 0 Å². The van der Waals surface area contributed by atoms with Gasteiger partial charge >= 0.3 is 0 Å². The molecular formula is C48H74O3. The number of allylic oxidation sites excluding steroid dienone is 4. The second-order valence-electron chi connectivity index (χ2n) is 15.5. The van der Waals surface area contributed by atoms with E-state index < -0.39 is 0 Å². The Morgan fingerprint density at radius 3 is 1.24 bits per heavy atom. The van der Waals surface area contributed by atoms with Crippen LogP contribution in [0.15, 0.2) is 72.8 Å². The predicted molar refractivity (Wildman–Crippen MR) is 218 cm³/mol. The first-order chi connectivity index (χ1) is 25.3. The molecule has 0 amide bonds. The smallest absolute Gasteiger partial charge is 0.112 e. The van der Waals surface area contributed by atoms with Crippen molar-refractivity contribution in [3.63, 3.8) is 0 Å². The van der Waals surface area contributed by atoms with Crippen LogP contribution in [0.5, 0.6) is 0 Å². The first kappa shape index (κ1) is 41.6. The zero-order chi connectivity index (χ0) is 35.6. The normalized spacial score (nSPS) is 18.2. The minimum Gasteiger partial charge on any atom is -0.370 e. The molecule has 2 saturated heterocycles. The monoisotopic (exact) mass is 699 g/mol. The van der Waals surface area contributed by atoms with E-state index in [4.69, 9.17) is 14.2 Å². The van der Waals surface area contributed by atoms with Crippen molar-refractivity contribution in [2.75, 3.05) is 13.2 Å². The minimum atomic E-state index is -0.0570. The van der Waals surface area contributed by atoms with Gasteiger partial charge in [-0.05, 0) is 99.3 Å². The Balaban J connectivity index is 1.15. The van der Waals surface area contributed by atoms with Crippen molar-refractivity contribution in [1.82, 2.24) is 0 Å². The van der Waals surface area contributed by atoms with Crippen molar-refractivity contribution in [3.8, 4) is 0 Å². The Morgan fingerprint density at radius 1 is 0.510 bits per heavy atom. The number of ether oxygens (including phenoxy) is 3. The molecule has 0 saturated carbocycles. The standard InChI is InChI=1S/C48H74O3/c1-3-5-7-9-11-13-15-17-19-21-23-25-27-31-41-33-29-35-43(37-41)47(45-39-49-45)51-48(46-40-50-46)44-36-30-34-42(38-44)32-28-26-24-22-20-18-16-14-12-10-8-6-4-2/h13-16,29-30,33-38,45-48H,3-12,17-28,31-32,39-40H2,1-2H3. The Labute approximate surface area is 314 Å². The number of hydrogen-bond donors (Lipinski definition) is 0. The van der Waals surface area contributed by atoms with Gasteiger partial charge in [0.2, 0.25) is 0 Å². The van der Waals surface area contributed by atoms with Gasteiger partial charge in [0.15, 0.2) is 0 Å². The van der Waals surface area contributed by atoms with Crippen LogP contribution < -0.4 is 0 Å². The molecule has 2 aliphatic heterocycles. The molecule has 0 aliphatic carbocycles. The summed E-state index contributed by atoms with van der Waals surface area (Å²) in [5.74, 6) is 0. The summed E-state index contributed by atoms with van der Waals surface area (Å²) in [5, 5.41) is 0. The lowest BCUT2D eigenvalue weighted by molar-refractivity contribution is -0.0419. The molecular weight excluding hydrogens is 625 g/mol. The molecule has 3 nitrogen and oxygen atoms in total. The number of benzene rings is 2. The molecule has 0 N–H and O–H groups in total. The van der Waals surface area contributed by atoms with Gasteiger partial charge in [-0.2, -0.15) is 0 Å².